The van der Waals surface area contributed by atoms with Crippen LogP contribution in [0.4, 0.5) is 11.6 Å². The van der Waals surface area contributed by atoms with Crippen molar-refractivity contribution in [3.8, 4) is 6.01 Å². The Morgan fingerprint density at radius 1 is 1.48 bits per heavy atom. The zero-order valence-electron chi connectivity index (χ0n) is 12.4. The SMILES string of the molecule is Cc1cc(Nc2cc(Cl)nc(O[C@@H](C)CC(=N)C(=O)O)n2)n[nH]1. The number of nitrogens with one attached hydrogen (secondary N) is 3. The van der Waals surface area contributed by atoms with Gasteiger partial charge in [-0.15, -0.1) is 0 Å². The Morgan fingerprint density at radius 3 is 2.83 bits per heavy atom. The van der Waals surface area contributed by atoms with Gasteiger partial charge in [0.2, 0.25) is 0 Å². The molecule has 4 N–H and O–H groups in total. The molecule has 0 bridgehead atoms. The number of carbonyl (C=O) groups is 1. The van der Waals surface area contributed by atoms with Crippen LogP contribution in [0, 0.1) is 12.3 Å². The molecule has 0 aliphatic carbocycles. The van der Waals surface area contributed by atoms with Crippen LogP contribution in [0.15, 0.2) is 12.1 Å². The molecule has 0 aliphatic heterocycles. The van der Waals surface area contributed by atoms with Gasteiger partial charge in [-0.25, -0.2) is 4.79 Å². The third-order valence-corrected chi connectivity index (χ3v) is 2.89. The first-order valence-electron chi connectivity index (χ1n) is 6.64. The number of aliphatic carboxylic acids is 1. The summed E-state index contributed by atoms with van der Waals surface area (Å²) < 4.78 is 5.42. The number of rotatable bonds is 7. The Kier molecular flexibility index (Phi) is 5.12. The maximum atomic E-state index is 10.6. The highest BCUT2D eigenvalue weighted by Gasteiger charge is 2.15. The number of aromatic amines is 1. The van der Waals surface area contributed by atoms with Gasteiger partial charge in [0, 0.05) is 24.2 Å². The third-order valence-electron chi connectivity index (χ3n) is 2.69. The van der Waals surface area contributed by atoms with E-state index in [2.05, 4.69) is 25.5 Å². The molecule has 9 nitrogen and oxygen atoms in total. The van der Waals surface area contributed by atoms with Crippen molar-refractivity contribution in [2.45, 2.75) is 26.4 Å². The van der Waals surface area contributed by atoms with Crippen molar-refractivity contribution in [1.82, 2.24) is 20.2 Å². The molecule has 0 spiro atoms. The van der Waals surface area contributed by atoms with Crippen molar-refractivity contribution >= 4 is 34.9 Å². The van der Waals surface area contributed by atoms with E-state index in [0.717, 1.165) is 5.69 Å². The smallest absolute Gasteiger partial charge is 0.349 e. The van der Waals surface area contributed by atoms with Crippen LogP contribution in [0.3, 0.4) is 0 Å². The van der Waals surface area contributed by atoms with E-state index >= 15 is 0 Å². The maximum Gasteiger partial charge on any atom is 0.349 e. The number of halogens is 1. The minimum Gasteiger partial charge on any atom is -0.477 e. The van der Waals surface area contributed by atoms with E-state index < -0.39 is 17.8 Å². The quantitative estimate of drug-likeness (QED) is 0.448. The van der Waals surface area contributed by atoms with Gasteiger partial charge in [0.25, 0.3) is 0 Å². The van der Waals surface area contributed by atoms with E-state index in [1.807, 2.05) is 6.92 Å². The van der Waals surface area contributed by atoms with E-state index in [0.29, 0.717) is 11.6 Å². The number of hydrogen-bond donors (Lipinski definition) is 4. The van der Waals surface area contributed by atoms with Crippen molar-refractivity contribution in [1.29, 1.82) is 5.41 Å². The first-order chi connectivity index (χ1) is 10.8. The van der Waals surface area contributed by atoms with Gasteiger partial charge >= 0.3 is 12.0 Å². The number of aryl methyl sites for hydroxylation is 1. The second-order valence-electron chi connectivity index (χ2n) is 4.84. The molecule has 2 aromatic heterocycles. The van der Waals surface area contributed by atoms with E-state index in [4.69, 9.17) is 26.9 Å². The molecular formula is C13H15ClN6O3. The van der Waals surface area contributed by atoms with Crippen LogP contribution in [0.25, 0.3) is 0 Å². The normalized spacial score (nSPS) is 11.8. The molecule has 0 aliphatic rings. The molecule has 0 radical (unpaired) electrons. The van der Waals surface area contributed by atoms with Gasteiger partial charge < -0.3 is 15.2 Å². The molecule has 0 unspecified atom stereocenters. The largest absolute Gasteiger partial charge is 0.477 e. The molecule has 2 aromatic rings. The van der Waals surface area contributed by atoms with Crippen LogP contribution in [0.1, 0.15) is 19.0 Å². The van der Waals surface area contributed by atoms with Gasteiger partial charge in [0.05, 0.1) is 0 Å². The van der Waals surface area contributed by atoms with Crippen molar-refractivity contribution in [2.75, 3.05) is 5.32 Å². The van der Waals surface area contributed by atoms with E-state index in [1.54, 1.807) is 13.0 Å². The van der Waals surface area contributed by atoms with Gasteiger partial charge in [-0.2, -0.15) is 15.1 Å². The van der Waals surface area contributed by atoms with Crippen LogP contribution < -0.4 is 10.1 Å². The fourth-order valence-corrected chi connectivity index (χ4v) is 1.90. The number of H-pyrrole nitrogens is 1. The Morgan fingerprint density at radius 2 is 2.22 bits per heavy atom. The highest BCUT2D eigenvalue weighted by molar-refractivity contribution is 6.34. The topological polar surface area (TPSA) is 137 Å². The Hall–Kier alpha value is -2.68. The molecule has 2 heterocycles. The fraction of sp³-hybridized carbons (Fsp3) is 0.308. The second kappa shape index (κ2) is 7.05. The lowest BCUT2D eigenvalue weighted by Crippen LogP contribution is -2.22. The molecule has 1 atom stereocenters. The molecule has 0 fully saturated rings. The van der Waals surface area contributed by atoms with E-state index in [1.165, 1.54) is 6.07 Å². The molecule has 10 heteroatoms. The number of hydrogen-bond acceptors (Lipinski definition) is 7. The third kappa shape index (κ3) is 4.92. The fourth-order valence-electron chi connectivity index (χ4n) is 1.72. The highest BCUT2D eigenvalue weighted by atomic mass is 35.5. The number of aromatic nitrogens is 4. The van der Waals surface area contributed by atoms with Crippen molar-refractivity contribution in [3.05, 3.63) is 23.0 Å². The lowest BCUT2D eigenvalue weighted by Gasteiger charge is -2.13. The van der Waals surface area contributed by atoms with Gasteiger partial charge in [-0.05, 0) is 13.8 Å². The van der Waals surface area contributed by atoms with Crippen molar-refractivity contribution < 1.29 is 14.6 Å². The molecule has 23 heavy (non-hydrogen) atoms. The van der Waals surface area contributed by atoms with Crippen LogP contribution in [0.2, 0.25) is 5.15 Å². The van der Waals surface area contributed by atoms with E-state index in [9.17, 15) is 4.79 Å². The Labute approximate surface area is 136 Å². The zero-order valence-corrected chi connectivity index (χ0v) is 13.2. The lowest BCUT2D eigenvalue weighted by atomic mass is 10.2. The summed E-state index contributed by atoms with van der Waals surface area (Å²) in [6.07, 6.45) is -0.662. The number of nitrogens with zero attached hydrogens (tertiary/aromatic N) is 3. The molecule has 0 saturated carbocycles. The summed E-state index contributed by atoms with van der Waals surface area (Å²) in [5, 5.41) is 25.9. The van der Waals surface area contributed by atoms with Gasteiger partial charge in [-0.3, -0.25) is 10.5 Å². The summed E-state index contributed by atoms with van der Waals surface area (Å²) in [6, 6.07) is 3.27. The standard InChI is InChI=1S/C13H15ClN6O3/c1-6-3-11(20-19-6)17-10-5-9(14)16-13(18-10)23-7(2)4-8(15)12(21)22/h3,5,7,15H,4H2,1-2H3,(H,21,22)(H2,16,17,18,19,20)/t7-/m0/s1. The molecule has 122 valence electrons. The minimum atomic E-state index is -1.29. The lowest BCUT2D eigenvalue weighted by molar-refractivity contribution is -0.129. The first-order valence-corrected chi connectivity index (χ1v) is 7.02. The highest BCUT2D eigenvalue weighted by Crippen LogP contribution is 2.20. The number of carboxylic acids is 1. The average Bonchev–Trinajstić information content (AvgIpc) is 2.82. The molecule has 2 rings (SSSR count). The predicted octanol–water partition coefficient (Wildman–Crippen LogP) is 2.17. The summed E-state index contributed by atoms with van der Waals surface area (Å²) in [5.74, 6) is -0.348. The predicted molar refractivity (Wildman–Crippen MR) is 83.7 cm³/mol. The summed E-state index contributed by atoms with van der Waals surface area (Å²) >= 11 is 5.93. The molecule has 0 saturated heterocycles. The van der Waals surface area contributed by atoms with Crippen LogP contribution in [-0.2, 0) is 4.79 Å². The van der Waals surface area contributed by atoms with Gasteiger partial charge in [0.1, 0.15) is 22.8 Å². The summed E-state index contributed by atoms with van der Waals surface area (Å²) in [6.45, 7) is 3.48. The summed E-state index contributed by atoms with van der Waals surface area (Å²) in [5.41, 5.74) is 0.426. The van der Waals surface area contributed by atoms with Gasteiger partial charge in [-0.1, -0.05) is 11.6 Å². The zero-order chi connectivity index (χ0) is 17.0. The number of anilines is 2. The molecular weight excluding hydrogens is 324 g/mol. The molecule has 0 amide bonds. The molecule has 0 aromatic carbocycles. The van der Waals surface area contributed by atoms with Crippen LogP contribution in [0.5, 0.6) is 6.01 Å². The van der Waals surface area contributed by atoms with Crippen molar-refractivity contribution in [3.63, 3.8) is 0 Å². The Balaban J connectivity index is 2.07. The monoisotopic (exact) mass is 338 g/mol. The van der Waals surface area contributed by atoms with Gasteiger partial charge in [0.15, 0.2) is 5.82 Å². The van der Waals surface area contributed by atoms with Crippen LogP contribution >= 0.6 is 11.6 Å². The first kappa shape index (κ1) is 16.7. The number of ether oxygens (including phenoxy) is 1. The maximum absolute atomic E-state index is 10.6. The Bertz CT molecular complexity index is 732. The van der Waals surface area contributed by atoms with Crippen molar-refractivity contribution in [2.24, 2.45) is 0 Å². The number of carboxylic acid groups (broad SMARTS) is 1. The minimum absolute atomic E-state index is 0.0158. The summed E-state index contributed by atoms with van der Waals surface area (Å²) in [4.78, 5) is 18.7. The van der Waals surface area contributed by atoms with E-state index in [-0.39, 0.29) is 17.6 Å². The van der Waals surface area contributed by atoms with Crippen LogP contribution in [-0.4, -0.2) is 43.1 Å². The average molecular weight is 339 g/mol. The summed E-state index contributed by atoms with van der Waals surface area (Å²) in [7, 11) is 0. The second-order valence-corrected chi connectivity index (χ2v) is 5.22.